The molecule has 3 aliphatic rings. The van der Waals surface area contributed by atoms with Gasteiger partial charge in [-0.05, 0) is 56.4 Å². The molecule has 0 bridgehead atoms. The molecule has 158 valence electrons. The number of benzene rings is 1. The van der Waals surface area contributed by atoms with E-state index in [0.29, 0.717) is 34.6 Å². The molecule has 0 spiro atoms. The van der Waals surface area contributed by atoms with Gasteiger partial charge in [-0.15, -0.1) is 0 Å². The van der Waals surface area contributed by atoms with E-state index in [1.807, 2.05) is 11.0 Å². The highest BCUT2D eigenvalue weighted by Gasteiger charge is 2.27. The van der Waals surface area contributed by atoms with Crippen LogP contribution in [0.2, 0.25) is 5.02 Å². The first kappa shape index (κ1) is 20.5. The van der Waals surface area contributed by atoms with E-state index in [0.717, 1.165) is 51.1 Å². The Kier molecular flexibility index (Phi) is 6.32. The van der Waals surface area contributed by atoms with Gasteiger partial charge in [-0.1, -0.05) is 11.6 Å². The Labute approximate surface area is 177 Å². The highest BCUT2D eigenvalue weighted by molar-refractivity contribution is 6.32. The van der Waals surface area contributed by atoms with E-state index in [4.69, 9.17) is 25.8 Å². The zero-order chi connectivity index (χ0) is 20.4. The van der Waals surface area contributed by atoms with Crippen molar-refractivity contribution in [2.24, 2.45) is 5.92 Å². The molecule has 2 saturated heterocycles. The second-order valence-electron chi connectivity index (χ2n) is 8.31. The monoisotopic (exact) mass is 420 g/mol. The summed E-state index contributed by atoms with van der Waals surface area (Å²) in [5.41, 5.74) is 0.832. The van der Waals surface area contributed by atoms with Gasteiger partial charge in [0.2, 0.25) is 12.7 Å². The smallest absolute Gasteiger partial charge is 0.246 e. The van der Waals surface area contributed by atoms with Crippen molar-refractivity contribution >= 4 is 23.6 Å². The number of fused-ring (bicyclic) bond motifs is 1. The summed E-state index contributed by atoms with van der Waals surface area (Å²) in [6.07, 6.45) is 6.12. The molecule has 0 radical (unpaired) electrons. The Hall–Kier alpha value is -1.76. The molecule has 1 aromatic carbocycles. The molecular formula is C22H29ClN2O4. The van der Waals surface area contributed by atoms with Crippen molar-refractivity contribution in [3.05, 3.63) is 28.8 Å². The molecule has 0 aliphatic carbocycles. The maximum absolute atomic E-state index is 12.6. The Balaban J connectivity index is 1.27. The summed E-state index contributed by atoms with van der Waals surface area (Å²) >= 11 is 6.21. The standard InChI is InChI=1S/C22H29ClN2O4/c1-15-11-24(12-16(2)29-15)13-17-5-7-25(8-6-17)21(26)4-3-18-9-19(23)22-20(10-18)27-14-28-22/h3-4,9-10,15-17H,5-8,11-14H2,1-2H3/b4-3+. The van der Waals surface area contributed by atoms with E-state index in [-0.39, 0.29) is 12.7 Å². The summed E-state index contributed by atoms with van der Waals surface area (Å²) in [6, 6.07) is 3.63. The minimum atomic E-state index is 0.0471. The van der Waals surface area contributed by atoms with Gasteiger partial charge in [0.25, 0.3) is 0 Å². The SMILES string of the molecule is CC1CN(CC2CCN(C(=O)/C=C/c3cc(Cl)c4c(c3)OCO4)CC2)CC(C)O1. The van der Waals surface area contributed by atoms with E-state index in [1.54, 1.807) is 18.2 Å². The number of amides is 1. The molecule has 4 rings (SSSR count). The van der Waals surface area contributed by atoms with Crippen LogP contribution < -0.4 is 9.47 Å². The number of ether oxygens (including phenoxy) is 3. The fourth-order valence-electron chi connectivity index (χ4n) is 4.49. The van der Waals surface area contributed by atoms with Crippen LogP contribution in [-0.2, 0) is 9.53 Å². The van der Waals surface area contributed by atoms with Crippen LogP contribution in [0, 0.1) is 5.92 Å². The number of hydrogen-bond acceptors (Lipinski definition) is 5. The molecule has 1 amide bonds. The summed E-state index contributed by atoms with van der Waals surface area (Å²) in [5, 5.41) is 0.500. The van der Waals surface area contributed by atoms with Crippen molar-refractivity contribution < 1.29 is 19.0 Å². The van der Waals surface area contributed by atoms with E-state index in [9.17, 15) is 4.79 Å². The van der Waals surface area contributed by atoms with Crippen LogP contribution in [0.3, 0.4) is 0 Å². The minimum absolute atomic E-state index is 0.0471. The molecule has 2 atom stereocenters. The molecule has 0 aromatic heterocycles. The highest BCUT2D eigenvalue weighted by atomic mass is 35.5. The van der Waals surface area contributed by atoms with Gasteiger partial charge in [-0.2, -0.15) is 0 Å². The second kappa shape index (κ2) is 8.94. The predicted molar refractivity (Wildman–Crippen MR) is 112 cm³/mol. The maximum atomic E-state index is 12.6. The number of carbonyl (C=O) groups is 1. The lowest BCUT2D eigenvalue weighted by Gasteiger charge is -2.39. The Morgan fingerprint density at radius 2 is 1.90 bits per heavy atom. The van der Waals surface area contributed by atoms with E-state index in [1.165, 1.54) is 0 Å². The highest BCUT2D eigenvalue weighted by Crippen LogP contribution is 2.40. The molecule has 7 heteroatoms. The summed E-state index contributed by atoms with van der Waals surface area (Å²) in [4.78, 5) is 17.1. The number of morpholine rings is 1. The number of likely N-dealkylation sites (tertiary alicyclic amines) is 1. The zero-order valence-corrected chi connectivity index (χ0v) is 17.9. The first-order valence-electron chi connectivity index (χ1n) is 10.4. The van der Waals surface area contributed by atoms with E-state index < -0.39 is 0 Å². The Morgan fingerprint density at radius 3 is 2.62 bits per heavy atom. The maximum Gasteiger partial charge on any atom is 0.246 e. The lowest BCUT2D eigenvalue weighted by Crippen LogP contribution is -2.48. The lowest BCUT2D eigenvalue weighted by molar-refractivity contribution is -0.127. The van der Waals surface area contributed by atoms with Gasteiger partial charge < -0.3 is 19.1 Å². The van der Waals surface area contributed by atoms with Gasteiger partial charge in [-0.25, -0.2) is 0 Å². The number of nitrogens with zero attached hydrogens (tertiary/aromatic N) is 2. The lowest BCUT2D eigenvalue weighted by atomic mass is 9.95. The predicted octanol–water partition coefficient (Wildman–Crippen LogP) is 3.43. The molecule has 29 heavy (non-hydrogen) atoms. The molecule has 3 heterocycles. The van der Waals surface area contributed by atoms with Crippen molar-refractivity contribution in [3.8, 4) is 11.5 Å². The van der Waals surface area contributed by atoms with Crippen LogP contribution in [0.1, 0.15) is 32.3 Å². The largest absolute Gasteiger partial charge is 0.454 e. The fourth-order valence-corrected chi connectivity index (χ4v) is 4.76. The topological polar surface area (TPSA) is 51.2 Å². The molecular weight excluding hydrogens is 392 g/mol. The number of hydrogen-bond donors (Lipinski definition) is 0. The number of carbonyl (C=O) groups excluding carboxylic acids is 1. The van der Waals surface area contributed by atoms with Gasteiger partial charge in [0.1, 0.15) is 0 Å². The third-order valence-electron chi connectivity index (χ3n) is 5.81. The van der Waals surface area contributed by atoms with Crippen molar-refractivity contribution in [2.75, 3.05) is 39.5 Å². The van der Waals surface area contributed by atoms with Gasteiger partial charge in [-0.3, -0.25) is 9.69 Å². The quantitative estimate of drug-likeness (QED) is 0.698. The first-order valence-corrected chi connectivity index (χ1v) is 10.8. The molecule has 6 nitrogen and oxygen atoms in total. The van der Waals surface area contributed by atoms with E-state index in [2.05, 4.69) is 18.7 Å². The molecule has 0 saturated carbocycles. The van der Waals surface area contributed by atoms with Crippen molar-refractivity contribution in [1.29, 1.82) is 0 Å². The summed E-state index contributed by atoms with van der Waals surface area (Å²) < 4.78 is 16.5. The van der Waals surface area contributed by atoms with Crippen LogP contribution in [0.5, 0.6) is 11.5 Å². The first-order chi connectivity index (χ1) is 14.0. The van der Waals surface area contributed by atoms with Crippen molar-refractivity contribution in [3.63, 3.8) is 0 Å². The van der Waals surface area contributed by atoms with Crippen LogP contribution >= 0.6 is 11.6 Å². The van der Waals surface area contributed by atoms with Crippen LogP contribution in [0.4, 0.5) is 0 Å². The third-order valence-corrected chi connectivity index (χ3v) is 6.09. The minimum Gasteiger partial charge on any atom is -0.454 e. The molecule has 2 fully saturated rings. The fraction of sp³-hybridized carbons (Fsp3) is 0.591. The van der Waals surface area contributed by atoms with Crippen LogP contribution in [0.15, 0.2) is 18.2 Å². The van der Waals surface area contributed by atoms with Crippen LogP contribution in [0.25, 0.3) is 6.08 Å². The summed E-state index contributed by atoms with van der Waals surface area (Å²) in [7, 11) is 0. The Bertz CT molecular complexity index is 766. The normalized spacial score (nSPS) is 25.7. The number of halogens is 1. The number of piperidine rings is 1. The van der Waals surface area contributed by atoms with Gasteiger partial charge in [0.05, 0.1) is 17.2 Å². The van der Waals surface area contributed by atoms with Gasteiger partial charge >= 0.3 is 0 Å². The molecule has 2 unspecified atom stereocenters. The average Bonchev–Trinajstić information content (AvgIpc) is 3.15. The van der Waals surface area contributed by atoms with Crippen molar-refractivity contribution in [1.82, 2.24) is 9.80 Å². The average molecular weight is 421 g/mol. The van der Waals surface area contributed by atoms with Gasteiger partial charge in [0.15, 0.2) is 11.5 Å². The number of rotatable bonds is 4. The Morgan fingerprint density at radius 1 is 1.17 bits per heavy atom. The van der Waals surface area contributed by atoms with Crippen molar-refractivity contribution in [2.45, 2.75) is 38.9 Å². The van der Waals surface area contributed by atoms with E-state index >= 15 is 0 Å². The summed E-state index contributed by atoms with van der Waals surface area (Å²) in [5.74, 6) is 1.89. The van der Waals surface area contributed by atoms with Crippen LogP contribution in [-0.4, -0.2) is 67.4 Å². The second-order valence-corrected chi connectivity index (χ2v) is 8.72. The molecule has 3 aliphatic heterocycles. The summed E-state index contributed by atoms with van der Waals surface area (Å²) in [6.45, 7) is 9.20. The molecule has 0 N–H and O–H groups in total. The van der Waals surface area contributed by atoms with Gasteiger partial charge in [0, 0.05) is 38.8 Å². The zero-order valence-electron chi connectivity index (χ0n) is 17.1. The molecule has 1 aromatic rings. The third kappa shape index (κ3) is 5.05.